The number of aromatic nitrogens is 4. The molecule has 0 radical (unpaired) electrons. The van der Waals surface area contributed by atoms with Crippen molar-refractivity contribution in [2.45, 2.75) is 12.1 Å². The molecule has 2 aromatic rings. The van der Waals surface area contributed by atoms with Crippen molar-refractivity contribution < 1.29 is 9.63 Å². The van der Waals surface area contributed by atoms with Gasteiger partial charge in [0.1, 0.15) is 18.4 Å². The molecule has 1 fully saturated rings. The monoisotopic (exact) mass is 304 g/mol. The lowest BCUT2D eigenvalue weighted by atomic mass is 10.0. The average Bonchev–Trinajstić information content (AvgIpc) is 3.21. The van der Waals surface area contributed by atoms with Gasteiger partial charge >= 0.3 is 6.03 Å². The minimum atomic E-state index is -0.338. The third-order valence-electron chi connectivity index (χ3n) is 3.61. The number of nitrogens with one attached hydrogen (secondary N) is 1. The van der Waals surface area contributed by atoms with Crippen LogP contribution in [0.2, 0.25) is 0 Å². The van der Waals surface area contributed by atoms with Gasteiger partial charge < -0.3 is 9.88 Å². The first-order chi connectivity index (χ1) is 10.3. The van der Waals surface area contributed by atoms with E-state index < -0.39 is 0 Å². The van der Waals surface area contributed by atoms with E-state index in [1.807, 2.05) is 0 Å². The molecule has 9 heteroatoms. The van der Waals surface area contributed by atoms with Crippen LogP contribution in [-0.4, -0.2) is 49.3 Å². The largest absolute Gasteiger partial charge is 0.345 e. The summed E-state index contributed by atoms with van der Waals surface area (Å²) in [7, 11) is 0. The summed E-state index contributed by atoms with van der Waals surface area (Å²) >= 11 is 1.53. The van der Waals surface area contributed by atoms with Crippen molar-refractivity contribution in [1.82, 2.24) is 30.1 Å². The number of fused-ring (bicyclic) bond motifs is 4. The SMILES string of the molecule is C=CCON1C(=O)N2CC1c1scnc1C2c1nnc[nH]1. The van der Waals surface area contributed by atoms with Crippen molar-refractivity contribution in [2.75, 3.05) is 13.2 Å². The van der Waals surface area contributed by atoms with E-state index >= 15 is 0 Å². The number of rotatable bonds is 4. The van der Waals surface area contributed by atoms with Crippen LogP contribution < -0.4 is 0 Å². The Balaban J connectivity index is 1.78. The Morgan fingerprint density at radius 2 is 2.52 bits per heavy atom. The molecular weight excluding hydrogens is 292 g/mol. The standard InChI is InChI=1S/C12H12N6O2S/c1-2-3-20-18-7-4-17(12(18)19)9(11-13-5-15-16-11)8-10(7)21-6-14-8/h2,5-7,9H,1,3-4H2,(H,13,15,16). The number of hydrogen-bond donors (Lipinski definition) is 1. The molecule has 0 aliphatic carbocycles. The maximum Gasteiger partial charge on any atom is 0.345 e. The number of carbonyl (C=O) groups is 1. The summed E-state index contributed by atoms with van der Waals surface area (Å²) in [6.07, 6.45) is 3.12. The van der Waals surface area contributed by atoms with Crippen molar-refractivity contribution in [2.24, 2.45) is 0 Å². The van der Waals surface area contributed by atoms with Gasteiger partial charge in [-0.3, -0.25) is 4.84 Å². The fraction of sp³-hybridized carbons (Fsp3) is 0.333. The summed E-state index contributed by atoms with van der Waals surface area (Å²) in [4.78, 5) is 28.2. The van der Waals surface area contributed by atoms with E-state index in [9.17, 15) is 4.79 Å². The van der Waals surface area contributed by atoms with E-state index in [1.54, 1.807) is 16.5 Å². The molecule has 8 nitrogen and oxygen atoms in total. The highest BCUT2D eigenvalue weighted by Gasteiger charge is 2.51. The third kappa shape index (κ3) is 1.71. The van der Waals surface area contributed by atoms with Crippen molar-refractivity contribution >= 4 is 17.4 Å². The fourth-order valence-corrected chi connectivity index (χ4v) is 3.67. The quantitative estimate of drug-likeness (QED) is 0.859. The maximum absolute atomic E-state index is 12.6. The minimum Gasteiger partial charge on any atom is -0.329 e. The minimum absolute atomic E-state index is 0.126. The van der Waals surface area contributed by atoms with E-state index in [1.165, 1.54) is 22.7 Å². The highest BCUT2D eigenvalue weighted by atomic mass is 32.1. The smallest absolute Gasteiger partial charge is 0.329 e. The normalized spacial score (nSPS) is 23.5. The predicted molar refractivity (Wildman–Crippen MR) is 73.2 cm³/mol. The van der Waals surface area contributed by atoms with Crippen molar-refractivity contribution in [3.05, 3.63) is 40.9 Å². The summed E-state index contributed by atoms with van der Waals surface area (Å²) < 4.78 is 0. The highest BCUT2D eigenvalue weighted by Crippen LogP contribution is 2.46. The van der Waals surface area contributed by atoms with Gasteiger partial charge in [-0.1, -0.05) is 6.08 Å². The van der Waals surface area contributed by atoms with Gasteiger partial charge in [0, 0.05) is 0 Å². The predicted octanol–water partition coefficient (Wildman–Crippen LogP) is 1.26. The summed E-state index contributed by atoms with van der Waals surface area (Å²) in [5.41, 5.74) is 2.62. The van der Waals surface area contributed by atoms with Crippen LogP contribution in [0.25, 0.3) is 0 Å². The second-order valence-electron chi connectivity index (χ2n) is 4.74. The first kappa shape index (κ1) is 12.5. The van der Waals surface area contributed by atoms with Gasteiger partial charge in [-0.05, 0) is 0 Å². The van der Waals surface area contributed by atoms with Crippen LogP contribution in [0.1, 0.15) is 28.5 Å². The zero-order chi connectivity index (χ0) is 14.4. The number of H-pyrrole nitrogens is 1. The number of urea groups is 1. The number of amides is 2. The zero-order valence-corrected chi connectivity index (χ0v) is 11.8. The van der Waals surface area contributed by atoms with Gasteiger partial charge in [0.05, 0.1) is 29.2 Å². The Labute approximate surface area is 124 Å². The molecular formula is C12H12N6O2S. The van der Waals surface area contributed by atoms with Gasteiger partial charge in [-0.2, -0.15) is 5.06 Å². The maximum atomic E-state index is 12.6. The van der Waals surface area contributed by atoms with Gasteiger partial charge in [0.15, 0.2) is 5.82 Å². The molecule has 2 aliphatic rings. The van der Waals surface area contributed by atoms with Crippen molar-refractivity contribution in [1.29, 1.82) is 0 Å². The van der Waals surface area contributed by atoms with Crippen LogP contribution in [0.15, 0.2) is 24.5 Å². The molecule has 2 aliphatic heterocycles. The number of hydroxylamine groups is 2. The third-order valence-corrected chi connectivity index (χ3v) is 4.56. The lowest BCUT2D eigenvalue weighted by Gasteiger charge is -2.27. The Bertz CT molecular complexity index is 684. The molecule has 2 bridgehead atoms. The number of hydrogen-bond acceptors (Lipinski definition) is 6. The molecule has 21 heavy (non-hydrogen) atoms. The second-order valence-corrected chi connectivity index (χ2v) is 5.63. The van der Waals surface area contributed by atoms with E-state index in [0.29, 0.717) is 12.4 Å². The number of nitrogens with zero attached hydrogens (tertiary/aromatic N) is 5. The molecule has 2 aromatic heterocycles. The fourth-order valence-electron chi connectivity index (χ4n) is 2.77. The van der Waals surface area contributed by atoms with Crippen LogP contribution in [0, 0.1) is 0 Å². The van der Waals surface area contributed by atoms with E-state index in [-0.39, 0.29) is 24.7 Å². The van der Waals surface area contributed by atoms with Crippen LogP contribution in [-0.2, 0) is 4.84 Å². The van der Waals surface area contributed by atoms with Crippen LogP contribution in [0.3, 0.4) is 0 Å². The molecule has 1 N–H and O–H groups in total. The number of aromatic amines is 1. The van der Waals surface area contributed by atoms with E-state index in [0.717, 1.165) is 10.6 Å². The van der Waals surface area contributed by atoms with Gasteiger partial charge in [-0.15, -0.1) is 28.1 Å². The summed E-state index contributed by atoms with van der Waals surface area (Å²) in [6.45, 7) is 4.45. The Morgan fingerprint density at radius 3 is 3.29 bits per heavy atom. The Morgan fingerprint density at radius 1 is 1.62 bits per heavy atom. The molecule has 1 saturated heterocycles. The van der Waals surface area contributed by atoms with Crippen LogP contribution in [0.5, 0.6) is 0 Å². The first-order valence-corrected chi connectivity index (χ1v) is 7.32. The van der Waals surface area contributed by atoms with Crippen LogP contribution in [0.4, 0.5) is 4.79 Å². The lowest BCUT2D eigenvalue weighted by molar-refractivity contribution is -0.118. The zero-order valence-electron chi connectivity index (χ0n) is 11.0. The first-order valence-electron chi connectivity index (χ1n) is 6.44. The molecule has 108 valence electrons. The summed E-state index contributed by atoms with van der Waals surface area (Å²) in [6, 6.07) is -0.651. The van der Waals surface area contributed by atoms with Gasteiger partial charge in [0.25, 0.3) is 0 Å². The van der Waals surface area contributed by atoms with Crippen molar-refractivity contribution in [3.63, 3.8) is 0 Å². The molecule has 0 aromatic carbocycles. The Kier molecular flexibility index (Phi) is 2.76. The molecule has 0 saturated carbocycles. The molecule has 0 spiro atoms. The van der Waals surface area contributed by atoms with Gasteiger partial charge in [0.2, 0.25) is 0 Å². The highest BCUT2D eigenvalue weighted by molar-refractivity contribution is 7.09. The molecule has 2 amide bonds. The van der Waals surface area contributed by atoms with Crippen molar-refractivity contribution in [3.8, 4) is 0 Å². The topological polar surface area (TPSA) is 87.2 Å². The molecule has 2 unspecified atom stereocenters. The molecule has 2 atom stereocenters. The second kappa shape index (κ2) is 4.64. The number of carbonyl (C=O) groups excluding carboxylic acids is 1. The summed E-state index contributed by atoms with van der Waals surface area (Å²) in [5.74, 6) is 0.611. The molecule has 4 heterocycles. The molecule has 4 rings (SSSR count). The Hall–Kier alpha value is -2.26. The summed E-state index contributed by atoms with van der Waals surface area (Å²) in [5, 5.41) is 9.26. The lowest BCUT2D eigenvalue weighted by Crippen LogP contribution is -2.35. The average molecular weight is 304 g/mol. The van der Waals surface area contributed by atoms with E-state index in [4.69, 9.17) is 4.84 Å². The van der Waals surface area contributed by atoms with E-state index in [2.05, 4.69) is 26.7 Å². The van der Waals surface area contributed by atoms with Gasteiger partial charge in [-0.25, -0.2) is 9.78 Å². The number of thiazole rings is 1. The van der Waals surface area contributed by atoms with Crippen LogP contribution >= 0.6 is 11.3 Å².